The lowest BCUT2D eigenvalue weighted by Crippen LogP contribution is -2.53. The fourth-order valence-electron chi connectivity index (χ4n) is 3.61. The third-order valence-corrected chi connectivity index (χ3v) is 5.20. The number of nitrogens with zero attached hydrogens (tertiary/aromatic N) is 2. The van der Waals surface area contributed by atoms with Crippen molar-refractivity contribution in [1.29, 1.82) is 0 Å². The van der Waals surface area contributed by atoms with E-state index in [4.69, 9.17) is 26.2 Å². The van der Waals surface area contributed by atoms with Gasteiger partial charge in [-0.15, -0.1) is 0 Å². The average Bonchev–Trinajstić information content (AvgIpc) is 3.00. The van der Waals surface area contributed by atoms with E-state index in [0.29, 0.717) is 18.7 Å². The molecule has 1 unspecified atom stereocenters. The van der Waals surface area contributed by atoms with Crippen molar-refractivity contribution in [2.45, 2.75) is 32.4 Å². The van der Waals surface area contributed by atoms with Crippen molar-refractivity contribution in [2.24, 2.45) is 0 Å². The Labute approximate surface area is 165 Å². The molecule has 2 saturated heterocycles. The zero-order chi connectivity index (χ0) is 19.9. The van der Waals surface area contributed by atoms with Crippen LogP contribution in [0.4, 0.5) is 4.39 Å². The topological polar surface area (TPSA) is 53.0 Å². The number of hydrogen-bond acceptors (Lipinski definition) is 4. The van der Waals surface area contributed by atoms with Gasteiger partial charge >= 0.3 is 0 Å². The molecule has 2 aliphatic rings. The van der Waals surface area contributed by atoms with Crippen LogP contribution in [0.5, 0.6) is 0 Å². The van der Waals surface area contributed by atoms with Crippen LogP contribution in [0.15, 0.2) is 29.8 Å². The summed E-state index contributed by atoms with van der Waals surface area (Å²) in [6.07, 6.45) is 3.30. The van der Waals surface area contributed by atoms with Crippen LogP contribution in [0.3, 0.4) is 0 Å². The molecule has 0 bridgehead atoms. The molecular formula is C20H28ClFN2O3. The molecule has 2 aliphatic heterocycles. The second-order valence-electron chi connectivity index (χ2n) is 7.33. The van der Waals surface area contributed by atoms with Crippen LogP contribution in [-0.4, -0.2) is 66.3 Å². The molecule has 0 radical (unpaired) electrons. The van der Waals surface area contributed by atoms with Gasteiger partial charge in [0.2, 0.25) is 0 Å². The van der Waals surface area contributed by atoms with Gasteiger partial charge < -0.3 is 9.84 Å². The molecule has 2 heterocycles. The lowest BCUT2D eigenvalue weighted by Gasteiger charge is -2.40. The number of ether oxygens (including phenoxy) is 1. The molecule has 1 spiro atoms. The first-order valence-corrected chi connectivity index (χ1v) is 9.50. The number of morpholine rings is 1. The van der Waals surface area contributed by atoms with E-state index in [1.165, 1.54) is 5.57 Å². The fourth-order valence-corrected chi connectivity index (χ4v) is 3.81. The molecule has 5 nitrogen and oxygen atoms in total. The van der Waals surface area contributed by atoms with Gasteiger partial charge in [0.1, 0.15) is 5.82 Å². The van der Waals surface area contributed by atoms with Crippen molar-refractivity contribution in [1.82, 2.24) is 9.80 Å². The van der Waals surface area contributed by atoms with Crippen LogP contribution in [0, 0.1) is 5.82 Å². The van der Waals surface area contributed by atoms with E-state index in [1.54, 1.807) is 6.07 Å². The second kappa shape index (κ2) is 10.2. The Morgan fingerprint density at radius 3 is 2.74 bits per heavy atom. The number of benzene rings is 1. The number of likely N-dealkylation sites (tertiary alicyclic amines) is 1. The highest BCUT2D eigenvalue weighted by molar-refractivity contribution is 6.30. The van der Waals surface area contributed by atoms with Gasteiger partial charge in [-0.2, -0.15) is 0 Å². The van der Waals surface area contributed by atoms with E-state index in [1.807, 2.05) is 12.1 Å². The Balaban J connectivity index is 0.000000817. The summed E-state index contributed by atoms with van der Waals surface area (Å²) in [5, 5.41) is 7.09. The summed E-state index contributed by atoms with van der Waals surface area (Å²) in [4.78, 5) is 13.1. The Morgan fingerprint density at radius 2 is 2.04 bits per heavy atom. The number of carboxylic acid groups (broad SMARTS) is 1. The van der Waals surface area contributed by atoms with E-state index in [9.17, 15) is 4.39 Å². The van der Waals surface area contributed by atoms with Gasteiger partial charge in [0.05, 0.1) is 17.2 Å². The van der Waals surface area contributed by atoms with Crippen molar-refractivity contribution in [3.05, 3.63) is 46.3 Å². The molecule has 2 fully saturated rings. The molecular weight excluding hydrogens is 371 g/mol. The minimum Gasteiger partial charge on any atom is -0.483 e. The second-order valence-corrected chi connectivity index (χ2v) is 7.73. The fraction of sp³-hybridized carbons (Fsp3) is 0.550. The summed E-state index contributed by atoms with van der Waals surface area (Å²) in [6, 6.07) is 5.23. The Bertz CT molecular complexity index is 667. The smallest absolute Gasteiger partial charge is 0.290 e. The predicted molar refractivity (Wildman–Crippen MR) is 105 cm³/mol. The highest BCUT2D eigenvalue weighted by Crippen LogP contribution is 2.30. The first kappa shape index (κ1) is 21.8. The Kier molecular flexibility index (Phi) is 8.23. The summed E-state index contributed by atoms with van der Waals surface area (Å²) >= 11 is 5.90. The van der Waals surface area contributed by atoms with Crippen molar-refractivity contribution in [2.75, 3.05) is 39.3 Å². The monoisotopic (exact) mass is 398 g/mol. The number of carbonyl (C=O) groups is 1. The molecule has 3 rings (SSSR count). The summed E-state index contributed by atoms with van der Waals surface area (Å²) in [7, 11) is 0. The summed E-state index contributed by atoms with van der Waals surface area (Å²) in [6.45, 7) is 9.98. The van der Waals surface area contributed by atoms with E-state index in [-0.39, 0.29) is 22.9 Å². The molecule has 1 aromatic carbocycles. The zero-order valence-corrected chi connectivity index (χ0v) is 16.7. The van der Waals surface area contributed by atoms with Gasteiger partial charge in [-0.25, -0.2) is 4.39 Å². The first-order valence-electron chi connectivity index (χ1n) is 9.12. The lowest BCUT2D eigenvalue weighted by atomic mass is 10.00. The largest absolute Gasteiger partial charge is 0.483 e. The highest BCUT2D eigenvalue weighted by atomic mass is 35.5. The van der Waals surface area contributed by atoms with Crippen molar-refractivity contribution < 1.29 is 19.0 Å². The average molecular weight is 399 g/mol. The molecule has 1 atom stereocenters. The molecule has 0 aliphatic carbocycles. The molecule has 1 N–H and O–H groups in total. The van der Waals surface area contributed by atoms with Crippen molar-refractivity contribution >= 4 is 18.1 Å². The summed E-state index contributed by atoms with van der Waals surface area (Å²) in [5.41, 5.74) is 1.90. The number of halogens is 2. The third-order valence-electron chi connectivity index (χ3n) is 4.91. The standard InChI is InChI=1S/C19H26ClFN2O.CH2O2/c1-15(2)6-8-22-9-7-19(13-22)14-23(10-11-24-19)12-16-4-3-5-17(20)18(16)21;2-1-3/h3-6H,7-14H2,1-2H3;1H,(H,2,3). The van der Waals surface area contributed by atoms with E-state index >= 15 is 0 Å². The summed E-state index contributed by atoms with van der Waals surface area (Å²) in [5.74, 6) is -0.295. The molecule has 27 heavy (non-hydrogen) atoms. The molecule has 0 saturated carbocycles. The molecule has 1 aromatic rings. The number of hydrogen-bond donors (Lipinski definition) is 1. The number of allylic oxidation sites excluding steroid dienone is 1. The van der Waals surface area contributed by atoms with Crippen LogP contribution in [0.1, 0.15) is 25.8 Å². The molecule has 0 aromatic heterocycles. The first-order chi connectivity index (χ1) is 12.9. The SMILES string of the molecule is CC(C)=CCN1CCC2(C1)CN(Cc1cccc(Cl)c1F)CCO2.O=CO. The lowest BCUT2D eigenvalue weighted by molar-refractivity contribution is -0.122. The van der Waals surface area contributed by atoms with Crippen LogP contribution >= 0.6 is 11.6 Å². The van der Waals surface area contributed by atoms with Crippen molar-refractivity contribution in [3.63, 3.8) is 0 Å². The van der Waals surface area contributed by atoms with Gasteiger partial charge in [-0.1, -0.05) is 35.4 Å². The van der Waals surface area contributed by atoms with Crippen LogP contribution in [0.2, 0.25) is 5.02 Å². The van der Waals surface area contributed by atoms with E-state index in [0.717, 1.165) is 39.1 Å². The van der Waals surface area contributed by atoms with Crippen LogP contribution < -0.4 is 0 Å². The number of rotatable bonds is 4. The van der Waals surface area contributed by atoms with Gasteiger partial charge in [-0.3, -0.25) is 14.6 Å². The molecule has 7 heteroatoms. The van der Waals surface area contributed by atoms with Gasteiger partial charge in [0, 0.05) is 44.8 Å². The van der Waals surface area contributed by atoms with Crippen LogP contribution in [-0.2, 0) is 16.1 Å². The van der Waals surface area contributed by atoms with Gasteiger partial charge in [0.25, 0.3) is 6.47 Å². The Hall–Kier alpha value is -1.47. The van der Waals surface area contributed by atoms with Crippen LogP contribution in [0.25, 0.3) is 0 Å². The third kappa shape index (κ3) is 6.28. The maximum Gasteiger partial charge on any atom is 0.290 e. The zero-order valence-electron chi connectivity index (χ0n) is 16.0. The van der Waals surface area contributed by atoms with E-state index in [2.05, 4.69) is 29.7 Å². The maximum atomic E-state index is 14.2. The highest BCUT2D eigenvalue weighted by Gasteiger charge is 2.42. The van der Waals surface area contributed by atoms with Gasteiger partial charge in [0.15, 0.2) is 0 Å². The molecule has 0 amide bonds. The maximum absolute atomic E-state index is 14.2. The van der Waals surface area contributed by atoms with Gasteiger partial charge in [-0.05, 0) is 26.3 Å². The normalized spacial score (nSPS) is 23.0. The van der Waals surface area contributed by atoms with E-state index < -0.39 is 0 Å². The predicted octanol–water partition coefficient (Wildman–Crippen LogP) is 3.42. The van der Waals surface area contributed by atoms with Crippen molar-refractivity contribution in [3.8, 4) is 0 Å². The molecule has 150 valence electrons. The minimum absolute atomic E-state index is 0.108. The minimum atomic E-state index is -0.295. The summed E-state index contributed by atoms with van der Waals surface area (Å²) < 4.78 is 20.3. The quantitative estimate of drug-likeness (QED) is 0.622. The Morgan fingerprint density at radius 1 is 1.33 bits per heavy atom.